The number of benzene rings is 2. The fourth-order valence-corrected chi connectivity index (χ4v) is 3.72. The Bertz CT molecular complexity index is 891. The molecule has 0 aliphatic heterocycles. The third kappa shape index (κ3) is 1.64. The minimum absolute atomic E-state index is 1.03. The van der Waals surface area contributed by atoms with Gasteiger partial charge in [-0.1, -0.05) is 46.3 Å². The molecule has 4 aromatic rings. The van der Waals surface area contributed by atoms with Crippen molar-refractivity contribution in [3.63, 3.8) is 0 Å². The maximum absolute atomic E-state index is 4.66. The second-order valence-corrected chi connectivity index (χ2v) is 6.01. The van der Waals surface area contributed by atoms with Crippen LogP contribution >= 0.6 is 27.3 Å². The summed E-state index contributed by atoms with van der Waals surface area (Å²) < 4.78 is 3.33. The lowest BCUT2D eigenvalue weighted by atomic mass is 10.2. The number of thiazole rings is 1. The monoisotopic (exact) mass is 328 g/mol. The molecule has 0 spiro atoms. The lowest BCUT2D eigenvalue weighted by Crippen LogP contribution is -1.86. The number of hydrogen-bond donors (Lipinski definition) is 0. The third-order valence-corrected chi connectivity index (χ3v) is 4.71. The predicted molar refractivity (Wildman–Crippen MR) is 83.7 cm³/mol. The number of hydrogen-bond acceptors (Lipinski definition) is 2. The van der Waals surface area contributed by atoms with Crippen molar-refractivity contribution in [2.75, 3.05) is 0 Å². The van der Waals surface area contributed by atoms with Gasteiger partial charge in [0.1, 0.15) is 0 Å². The number of halogens is 1. The van der Waals surface area contributed by atoms with Gasteiger partial charge in [0.15, 0.2) is 4.96 Å². The Kier molecular flexibility index (Phi) is 2.47. The van der Waals surface area contributed by atoms with Gasteiger partial charge in [-0.25, -0.2) is 4.98 Å². The van der Waals surface area contributed by atoms with Crippen LogP contribution in [0.1, 0.15) is 0 Å². The molecule has 0 unspecified atom stereocenters. The molecule has 2 heterocycles. The topological polar surface area (TPSA) is 17.3 Å². The first-order valence-corrected chi connectivity index (χ1v) is 7.61. The molecule has 19 heavy (non-hydrogen) atoms. The van der Waals surface area contributed by atoms with Crippen LogP contribution in [-0.4, -0.2) is 9.38 Å². The third-order valence-electron chi connectivity index (χ3n) is 3.20. The van der Waals surface area contributed by atoms with Gasteiger partial charge in [-0.3, -0.25) is 4.40 Å². The van der Waals surface area contributed by atoms with Crippen LogP contribution in [0.5, 0.6) is 0 Å². The van der Waals surface area contributed by atoms with E-state index < -0.39 is 0 Å². The molecule has 2 aromatic heterocycles. The van der Waals surface area contributed by atoms with Crippen LogP contribution in [-0.2, 0) is 0 Å². The summed E-state index contributed by atoms with van der Waals surface area (Å²) in [6.45, 7) is 0. The summed E-state index contributed by atoms with van der Waals surface area (Å²) in [7, 11) is 0. The molecule has 0 bridgehead atoms. The van der Waals surface area contributed by atoms with Gasteiger partial charge < -0.3 is 0 Å². The highest BCUT2D eigenvalue weighted by Crippen LogP contribution is 2.33. The summed E-state index contributed by atoms with van der Waals surface area (Å²) in [5.74, 6) is 0. The van der Waals surface area contributed by atoms with E-state index in [1.807, 2.05) is 12.1 Å². The molecular formula is C15H9BrN2S. The highest BCUT2D eigenvalue weighted by atomic mass is 79.9. The van der Waals surface area contributed by atoms with Crippen LogP contribution in [0.25, 0.3) is 27.3 Å². The van der Waals surface area contributed by atoms with Crippen molar-refractivity contribution >= 4 is 43.3 Å². The molecule has 0 N–H and O–H groups in total. The summed E-state index contributed by atoms with van der Waals surface area (Å²) in [6.07, 6.45) is 0. The Balaban J connectivity index is 2.13. The molecule has 0 fully saturated rings. The molecule has 0 aliphatic carbocycles. The highest BCUT2D eigenvalue weighted by molar-refractivity contribution is 9.10. The number of aromatic nitrogens is 2. The van der Waals surface area contributed by atoms with Crippen LogP contribution in [0.4, 0.5) is 0 Å². The van der Waals surface area contributed by atoms with Gasteiger partial charge in [0.05, 0.1) is 16.7 Å². The van der Waals surface area contributed by atoms with Crippen LogP contribution in [0, 0.1) is 0 Å². The van der Waals surface area contributed by atoms with E-state index in [1.165, 1.54) is 11.3 Å². The van der Waals surface area contributed by atoms with E-state index in [4.69, 9.17) is 0 Å². The van der Waals surface area contributed by atoms with Gasteiger partial charge in [0, 0.05) is 15.4 Å². The number of imidazole rings is 1. The Morgan fingerprint density at radius 2 is 1.79 bits per heavy atom. The normalized spacial score (nSPS) is 11.4. The quantitative estimate of drug-likeness (QED) is 0.481. The molecule has 4 rings (SSSR count). The molecule has 0 aliphatic rings. The minimum Gasteiger partial charge on any atom is -0.283 e. The standard InChI is InChI=1S/C15H9BrN2S/c16-11-6-2-1-5-10(11)14-9-19-15-17-12-7-3-4-8-13(12)18(14)15/h1-9H. The Hall–Kier alpha value is -1.65. The van der Waals surface area contributed by atoms with Gasteiger partial charge in [0.25, 0.3) is 0 Å². The fraction of sp³-hybridized carbons (Fsp3) is 0. The van der Waals surface area contributed by atoms with Gasteiger partial charge in [-0.2, -0.15) is 0 Å². The fourth-order valence-electron chi connectivity index (χ4n) is 2.33. The summed E-state index contributed by atoms with van der Waals surface area (Å²) in [5, 5.41) is 2.16. The summed E-state index contributed by atoms with van der Waals surface area (Å²) in [5.41, 5.74) is 4.57. The molecule has 0 saturated heterocycles. The molecule has 2 aromatic carbocycles. The molecule has 4 heteroatoms. The maximum atomic E-state index is 4.66. The van der Waals surface area contributed by atoms with Crippen molar-refractivity contribution in [3.8, 4) is 11.3 Å². The summed E-state index contributed by atoms with van der Waals surface area (Å²) >= 11 is 5.30. The Labute approximate surface area is 122 Å². The van der Waals surface area contributed by atoms with Gasteiger partial charge in [-0.05, 0) is 18.2 Å². The van der Waals surface area contributed by atoms with Gasteiger partial charge in [0.2, 0.25) is 0 Å². The van der Waals surface area contributed by atoms with E-state index in [1.54, 1.807) is 11.3 Å². The molecular weight excluding hydrogens is 320 g/mol. The molecule has 0 amide bonds. The average molecular weight is 329 g/mol. The highest BCUT2D eigenvalue weighted by Gasteiger charge is 2.13. The van der Waals surface area contributed by atoms with E-state index >= 15 is 0 Å². The second kappa shape index (κ2) is 4.18. The van der Waals surface area contributed by atoms with Crippen molar-refractivity contribution in [3.05, 3.63) is 58.4 Å². The van der Waals surface area contributed by atoms with E-state index in [0.717, 1.165) is 20.5 Å². The van der Waals surface area contributed by atoms with Gasteiger partial charge in [-0.15, -0.1) is 11.3 Å². The Morgan fingerprint density at radius 3 is 2.68 bits per heavy atom. The van der Waals surface area contributed by atoms with Crippen molar-refractivity contribution in [1.29, 1.82) is 0 Å². The van der Waals surface area contributed by atoms with E-state index in [9.17, 15) is 0 Å². The zero-order valence-electron chi connectivity index (χ0n) is 9.88. The largest absolute Gasteiger partial charge is 0.283 e. The van der Waals surface area contributed by atoms with Crippen molar-refractivity contribution in [2.45, 2.75) is 0 Å². The molecule has 0 atom stereocenters. The molecule has 2 nitrogen and oxygen atoms in total. The summed E-state index contributed by atoms with van der Waals surface area (Å²) in [6, 6.07) is 16.5. The van der Waals surface area contributed by atoms with Gasteiger partial charge >= 0.3 is 0 Å². The number of rotatable bonds is 1. The zero-order chi connectivity index (χ0) is 12.8. The van der Waals surface area contributed by atoms with Crippen molar-refractivity contribution in [1.82, 2.24) is 9.38 Å². The van der Waals surface area contributed by atoms with Crippen LogP contribution in [0.3, 0.4) is 0 Å². The maximum Gasteiger partial charge on any atom is 0.195 e. The first-order valence-electron chi connectivity index (χ1n) is 5.94. The zero-order valence-corrected chi connectivity index (χ0v) is 12.3. The summed E-state index contributed by atoms with van der Waals surface area (Å²) in [4.78, 5) is 5.69. The van der Waals surface area contributed by atoms with Crippen LogP contribution in [0.15, 0.2) is 58.4 Å². The van der Waals surface area contributed by atoms with Crippen molar-refractivity contribution in [2.24, 2.45) is 0 Å². The van der Waals surface area contributed by atoms with Crippen LogP contribution in [0.2, 0.25) is 0 Å². The smallest absolute Gasteiger partial charge is 0.195 e. The predicted octanol–water partition coefficient (Wildman–Crippen LogP) is 4.98. The molecule has 0 radical (unpaired) electrons. The first-order chi connectivity index (χ1) is 9.34. The van der Waals surface area contributed by atoms with E-state index in [2.05, 4.69) is 67.1 Å². The number of fused-ring (bicyclic) bond motifs is 3. The lowest BCUT2D eigenvalue weighted by molar-refractivity contribution is 1.28. The van der Waals surface area contributed by atoms with E-state index in [0.29, 0.717) is 0 Å². The first kappa shape index (κ1) is 11.2. The second-order valence-electron chi connectivity index (χ2n) is 4.32. The number of para-hydroxylation sites is 2. The molecule has 0 saturated carbocycles. The van der Waals surface area contributed by atoms with Crippen molar-refractivity contribution < 1.29 is 0 Å². The van der Waals surface area contributed by atoms with E-state index in [-0.39, 0.29) is 0 Å². The molecule has 92 valence electrons. The SMILES string of the molecule is Brc1ccccc1-c1csc2nc3ccccc3n12. The lowest BCUT2D eigenvalue weighted by Gasteiger charge is -2.03. The Morgan fingerprint density at radius 1 is 1.00 bits per heavy atom. The average Bonchev–Trinajstić information content (AvgIpc) is 2.98. The number of nitrogens with zero attached hydrogens (tertiary/aromatic N) is 2. The minimum atomic E-state index is 1.03. The van der Waals surface area contributed by atoms with Crippen LogP contribution < -0.4 is 0 Å².